The molecule has 0 radical (unpaired) electrons. The topological polar surface area (TPSA) is 55.7 Å². The Morgan fingerprint density at radius 3 is 2.32 bits per heavy atom. The third-order valence-electron chi connectivity index (χ3n) is 3.49. The molecule has 0 aromatic heterocycles. The van der Waals surface area contributed by atoms with Crippen molar-refractivity contribution in [3.63, 3.8) is 0 Å². The van der Waals surface area contributed by atoms with E-state index in [2.05, 4.69) is 4.99 Å². The lowest BCUT2D eigenvalue weighted by Crippen LogP contribution is -2.09. The highest BCUT2D eigenvalue weighted by atomic mass is 32.2. The molecule has 0 amide bonds. The van der Waals surface area contributed by atoms with Crippen molar-refractivity contribution < 1.29 is 12.6 Å². The van der Waals surface area contributed by atoms with Gasteiger partial charge in [0.05, 0.1) is 5.69 Å². The van der Waals surface area contributed by atoms with Gasteiger partial charge in [-0.25, -0.2) is 0 Å². The molecule has 3 aromatic rings. The summed E-state index contributed by atoms with van der Waals surface area (Å²) in [5, 5.41) is 0. The van der Waals surface area contributed by atoms with Crippen LogP contribution < -0.4 is 4.18 Å². The van der Waals surface area contributed by atoms with E-state index in [4.69, 9.17) is 4.18 Å². The quantitative estimate of drug-likeness (QED) is 0.502. The summed E-state index contributed by atoms with van der Waals surface area (Å²) >= 11 is 0. The van der Waals surface area contributed by atoms with Crippen molar-refractivity contribution in [2.24, 2.45) is 4.99 Å². The van der Waals surface area contributed by atoms with Crippen molar-refractivity contribution in [3.05, 3.63) is 90.0 Å². The molecule has 3 rings (SSSR count). The summed E-state index contributed by atoms with van der Waals surface area (Å²) < 4.78 is 29.7. The van der Waals surface area contributed by atoms with E-state index in [1.54, 1.807) is 42.6 Å². The zero-order valence-electron chi connectivity index (χ0n) is 13.7. The third-order valence-corrected chi connectivity index (χ3v) is 4.75. The van der Waals surface area contributed by atoms with Crippen LogP contribution in [-0.2, 0) is 10.1 Å². The van der Waals surface area contributed by atoms with E-state index in [9.17, 15) is 8.42 Å². The molecule has 0 heterocycles. The van der Waals surface area contributed by atoms with Crippen molar-refractivity contribution >= 4 is 22.0 Å². The Balaban J connectivity index is 1.79. The lowest BCUT2D eigenvalue weighted by Gasteiger charge is -2.07. The summed E-state index contributed by atoms with van der Waals surface area (Å²) in [7, 11) is -3.85. The van der Waals surface area contributed by atoms with Crippen LogP contribution in [0.5, 0.6) is 5.75 Å². The van der Waals surface area contributed by atoms with Gasteiger partial charge in [0.1, 0.15) is 10.6 Å². The van der Waals surface area contributed by atoms with Gasteiger partial charge in [0.15, 0.2) is 0 Å². The van der Waals surface area contributed by atoms with Gasteiger partial charge < -0.3 is 4.18 Å². The first kappa shape index (κ1) is 16.9. The zero-order valence-corrected chi connectivity index (χ0v) is 14.5. The minimum absolute atomic E-state index is 0.119. The average molecular weight is 351 g/mol. The Hall–Kier alpha value is -2.92. The Morgan fingerprint density at radius 2 is 1.60 bits per heavy atom. The number of rotatable bonds is 5. The first-order chi connectivity index (χ1) is 12.0. The van der Waals surface area contributed by atoms with E-state index in [0.29, 0.717) is 0 Å². The number of aryl methyl sites for hydroxylation is 1. The van der Waals surface area contributed by atoms with E-state index in [1.165, 1.54) is 17.7 Å². The number of hydrogen-bond acceptors (Lipinski definition) is 4. The second-order valence-electron chi connectivity index (χ2n) is 5.52. The van der Waals surface area contributed by atoms with Crippen LogP contribution in [0, 0.1) is 6.92 Å². The SMILES string of the molecule is Cc1ccc(N=Cc2cccc(OS(=O)(=O)c3ccccc3)c2)cc1. The molecule has 0 atom stereocenters. The lowest BCUT2D eigenvalue weighted by molar-refractivity contribution is 0.486. The molecule has 0 saturated heterocycles. The molecular formula is C20H17NO3S. The van der Waals surface area contributed by atoms with Gasteiger partial charge in [-0.05, 0) is 48.9 Å². The second-order valence-corrected chi connectivity index (χ2v) is 7.06. The maximum absolute atomic E-state index is 12.3. The van der Waals surface area contributed by atoms with Gasteiger partial charge in [-0.2, -0.15) is 8.42 Å². The predicted molar refractivity (Wildman–Crippen MR) is 99.1 cm³/mol. The minimum Gasteiger partial charge on any atom is -0.379 e. The van der Waals surface area contributed by atoms with Gasteiger partial charge in [0, 0.05) is 6.21 Å². The van der Waals surface area contributed by atoms with Gasteiger partial charge in [0.25, 0.3) is 0 Å². The molecule has 3 aromatic carbocycles. The van der Waals surface area contributed by atoms with Gasteiger partial charge in [-0.15, -0.1) is 0 Å². The van der Waals surface area contributed by atoms with Gasteiger partial charge in [-0.1, -0.05) is 48.0 Å². The predicted octanol–water partition coefficient (Wildman–Crippen LogP) is 4.51. The van der Waals surface area contributed by atoms with Crippen molar-refractivity contribution in [3.8, 4) is 5.75 Å². The Kier molecular flexibility index (Phi) is 4.95. The smallest absolute Gasteiger partial charge is 0.339 e. The number of hydrogen-bond donors (Lipinski definition) is 0. The third kappa shape index (κ3) is 4.55. The van der Waals surface area contributed by atoms with Crippen LogP contribution in [-0.4, -0.2) is 14.6 Å². The highest BCUT2D eigenvalue weighted by Crippen LogP contribution is 2.20. The first-order valence-electron chi connectivity index (χ1n) is 7.73. The van der Waals surface area contributed by atoms with Crippen LogP contribution in [0.25, 0.3) is 0 Å². The van der Waals surface area contributed by atoms with Crippen LogP contribution >= 0.6 is 0 Å². The highest BCUT2D eigenvalue weighted by molar-refractivity contribution is 7.87. The van der Waals surface area contributed by atoms with Crippen molar-refractivity contribution in [1.29, 1.82) is 0 Å². The normalized spacial score (nSPS) is 11.6. The largest absolute Gasteiger partial charge is 0.379 e. The molecule has 0 unspecified atom stereocenters. The summed E-state index contributed by atoms with van der Waals surface area (Å²) in [6.45, 7) is 2.02. The standard InChI is InChI=1S/C20H17NO3S/c1-16-10-12-18(13-11-16)21-15-17-6-5-7-19(14-17)24-25(22,23)20-8-3-2-4-9-20/h2-15H,1H3. The Labute approximate surface area is 147 Å². The molecule has 0 bridgehead atoms. The molecule has 0 saturated carbocycles. The molecule has 126 valence electrons. The number of aliphatic imine (C=N–C) groups is 1. The molecule has 0 aliphatic carbocycles. The van der Waals surface area contributed by atoms with Gasteiger partial charge in [-0.3, -0.25) is 4.99 Å². The molecule has 0 N–H and O–H groups in total. The van der Waals surface area contributed by atoms with Crippen molar-refractivity contribution in [2.45, 2.75) is 11.8 Å². The maximum atomic E-state index is 12.3. The van der Waals surface area contributed by atoms with Gasteiger partial charge in [0.2, 0.25) is 0 Å². The molecule has 0 fully saturated rings. The zero-order chi connectivity index (χ0) is 17.7. The number of nitrogens with zero attached hydrogens (tertiary/aromatic N) is 1. The van der Waals surface area contributed by atoms with Crippen LogP contribution in [0.3, 0.4) is 0 Å². The number of benzene rings is 3. The van der Waals surface area contributed by atoms with E-state index in [1.807, 2.05) is 37.3 Å². The fraction of sp³-hybridized carbons (Fsp3) is 0.0500. The fourth-order valence-electron chi connectivity index (χ4n) is 2.19. The molecule has 0 aliphatic rings. The summed E-state index contributed by atoms with van der Waals surface area (Å²) in [5.41, 5.74) is 2.75. The van der Waals surface area contributed by atoms with E-state index < -0.39 is 10.1 Å². The fourth-order valence-corrected chi connectivity index (χ4v) is 3.13. The van der Waals surface area contributed by atoms with E-state index in [-0.39, 0.29) is 10.6 Å². The molecule has 25 heavy (non-hydrogen) atoms. The average Bonchev–Trinajstić information content (AvgIpc) is 2.62. The summed E-state index contributed by atoms with van der Waals surface area (Å²) in [5.74, 6) is 0.247. The lowest BCUT2D eigenvalue weighted by atomic mass is 10.2. The Morgan fingerprint density at radius 1 is 0.880 bits per heavy atom. The van der Waals surface area contributed by atoms with E-state index in [0.717, 1.165) is 11.3 Å². The molecule has 0 spiro atoms. The monoisotopic (exact) mass is 351 g/mol. The van der Waals surface area contributed by atoms with Crippen LogP contribution in [0.4, 0.5) is 5.69 Å². The molecule has 5 heteroatoms. The first-order valence-corrected chi connectivity index (χ1v) is 9.14. The van der Waals surface area contributed by atoms with Gasteiger partial charge >= 0.3 is 10.1 Å². The Bertz CT molecular complexity index is 979. The highest BCUT2D eigenvalue weighted by Gasteiger charge is 2.15. The maximum Gasteiger partial charge on any atom is 0.339 e. The minimum atomic E-state index is -3.85. The van der Waals surface area contributed by atoms with Crippen LogP contribution in [0.1, 0.15) is 11.1 Å². The summed E-state index contributed by atoms with van der Waals surface area (Å²) in [4.78, 5) is 4.50. The molecule has 0 aliphatic heterocycles. The molecule has 4 nitrogen and oxygen atoms in total. The van der Waals surface area contributed by atoms with E-state index >= 15 is 0 Å². The molecular weight excluding hydrogens is 334 g/mol. The summed E-state index contributed by atoms with van der Waals surface area (Å²) in [6.07, 6.45) is 1.67. The van der Waals surface area contributed by atoms with Crippen LogP contribution in [0.15, 0.2) is 88.8 Å². The summed E-state index contributed by atoms with van der Waals surface area (Å²) in [6, 6.07) is 22.7. The second kappa shape index (κ2) is 7.32. The van der Waals surface area contributed by atoms with Crippen molar-refractivity contribution in [2.75, 3.05) is 0 Å². The van der Waals surface area contributed by atoms with Crippen LogP contribution in [0.2, 0.25) is 0 Å². The van der Waals surface area contributed by atoms with Crippen molar-refractivity contribution in [1.82, 2.24) is 0 Å².